The van der Waals surface area contributed by atoms with Crippen LogP contribution < -0.4 is 16.2 Å². The number of amides is 2. The summed E-state index contributed by atoms with van der Waals surface area (Å²) in [6, 6.07) is -1.93. The molecule has 5 atom stereocenters. The lowest BCUT2D eigenvalue weighted by atomic mass is 9.91. The lowest BCUT2D eigenvalue weighted by molar-refractivity contribution is -0.228. The molecule has 0 saturated carbocycles. The number of ether oxygens (including phenoxy) is 4. The van der Waals surface area contributed by atoms with Crippen LogP contribution in [0, 0.1) is 0 Å². The molecule has 2 aromatic heterocycles. The van der Waals surface area contributed by atoms with Crippen molar-refractivity contribution in [1.82, 2.24) is 25.3 Å². The van der Waals surface area contributed by atoms with E-state index < -0.39 is 78.5 Å². The summed E-state index contributed by atoms with van der Waals surface area (Å²) in [5.74, 6) is -6.53. The van der Waals surface area contributed by atoms with E-state index in [2.05, 4.69) is 25.3 Å². The van der Waals surface area contributed by atoms with Gasteiger partial charge in [0.05, 0.1) is 0 Å². The van der Waals surface area contributed by atoms with E-state index in [-0.39, 0.29) is 22.9 Å². The summed E-state index contributed by atoms with van der Waals surface area (Å²) in [5, 5.41) is 3.90. The SMILES string of the molecule is CC(=O)Nc1nc2[nH]c([C@@H]3O[C@H](COC(C)=O)[C@@H](OC(C)=O)[C@H](OC(C)=O)[C@H]3NC(=O)C(F)(F)F)nc2c(=O)[nH]1. The molecule has 3 rings (SSSR count). The minimum absolute atomic E-state index is 0.241. The van der Waals surface area contributed by atoms with Crippen molar-refractivity contribution < 1.29 is 56.1 Å². The number of anilines is 1. The first-order valence-corrected chi connectivity index (χ1v) is 11.3. The zero-order valence-corrected chi connectivity index (χ0v) is 21.2. The molecule has 0 aliphatic carbocycles. The third-order valence-electron chi connectivity index (χ3n) is 5.24. The van der Waals surface area contributed by atoms with Crippen molar-refractivity contribution in [2.24, 2.45) is 0 Å². The van der Waals surface area contributed by atoms with E-state index in [1.165, 1.54) is 0 Å². The molecule has 1 aliphatic heterocycles. The maximum atomic E-state index is 13.3. The van der Waals surface area contributed by atoms with Crippen LogP contribution in [0.15, 0.2) is 4.79 Å². The second-order valence-electron chi connectivity index (χ2n) is 8.46. The monoisotopic (exact) mass is 576 g/mol. The molecule has 3 heterocycles. The molecule has 16 nitrogen and oxygen atoms in total. The van der Waals surface area contributed by atoms with E-state index in [0.29, 0.717) is 0 Å². The number of alkyl halides is 3. The Hall–Kier alpha value is -4.55. The summed E-state index contributed by atoms with van der Waals surface area (Å²) in [6.07, 6.45) is -12.1. The van der Waals surface area contributed by atoms with Crippen LogP contribution in [-0.2, 0) is 42.9 Å². The fourth-order valence-corrected chi connectivity index (χ4v) is 3.85. The van der Waals surface area contributed by atoms with E-state index in [1.807, 2.05) is 0 Å². The molecule has 0 radical (unpaired) electrons. The Morgan fingerprint density at radius 1 is 0.950 bits per heavy atom. The number of H-pyrrole nitrogens is 2. The average molecular weight is 576 g/mol. The Bertz CT molecular complexity index is 1390. The maximum Gasteiger partial charge on any atom is 0.471 e. The minimum atomic E-state index is -5.41. The highest BCUT2D eigenvalue weighted by molar-refractivity contribution is 5.87. The van der Waals surface area contributed by atoms with E-state index in [4.69, 9.17) is 18.9 Å². The largest absolute Gasteiger partial charge is 0.471 e. The molecular weight excluding hydrogens is 553 g/mol. The Labute approximate surface area is 221 Å². The lowest BCUT2D eigenvalue weighted by Gasteiger charge is -2.44. The van der Waals surface area contributed by atoms with Gasteiger partial charge in [0, 0.05) is 27.7 Å². The highest BCUT2D eigenvalue weighted by atomic mass is 19.4. The van der Waals surface area contributed by atoms with Crippen molar-refractivity contribution in [1.29, 1.82) is 0 Å². The molecule has 1 aliphatic rings. The number of hydrogen-bond donors (Lipinski definition) is 4. The van der Waals surface area contributed by atoms with Crippen molar-refractivity contribution in [2.45, 2.75) is 64.3 Å². The zero-order chi connectivity index (χ0) is 29.9. The van der Waals surface area contributed by atoms with Crippen LogP contribution >= 0.6 is 0 Å². The second kappa shape index (κ2) is 11.7. The van der Waals surface area contributed by atoms with Gasteiger partial charge in [-0.25, -0.2) is 4.98 Å². The van der Waals surface area contributed by atoms with Gasteiger partial charge in [-0.1, -0.05) is 0 Å². The number of imidazole rings is 1. The molecular formula is C21H23F3N6O10. The van der Waals surface area contributed by atoms with Gasteiger partial charge in [-0.3, -0.25) is 39.1 Å². The third kappa shape index (κ3) is 7.10. The number of fused-ring (bicyclic) bond motifs is 1. The molecule has 1 fully saturated rings. The van der Waals surface area contributed by atoms with Gasteiger partial charge in [0.25, 0.3) is 5.56 Å². The molecule has 19 heteroatoms. The molecule has 0 unspecified atom stereocenters. The van der Waals surface area contributed by atoms with Gasteiger partial charge >= 0.3 is 30.0 Å². The molecule has 218 valence electrons. The topological polar surface area (TPSA) is 221 Å². The molecule has 0 aromatic carbocycles. The maximum absolute atomic E-state index is 13.3. The lowest BCUT2D eigenvalue weighted by Crippen LogP contribution is -2.64. The summed E-state index contributed by atoms with van der Waals surface area (Å²) in [6.45, 7) is 3.42. The number of aromatic nitrogens is 4. The van der Waals surface area contributed by atoms with Crippen LogP contribution in [0.2, 0.25) is 0 Å². The number of aromatic amines is 2. The van der Waals surface area contributed by atoms with Crippen molar-refractivity contribution in [3.8, 4) is 0 Å². The fraction of sp³-hybridized carbons (Fsp3) is 0.524. The average Bonchev–Trinajstić information content (AvgIpc) is 3.23. The predicted octanol–water partition coefficient (Wildman–Crippen LogP) is -0.482. The number of nitrogens with one attached hydrogen (secondary N) is 4. The van der Waals surface area contributed by atoms with Crippen LogP contribution in [0.25, 0.3) is 11.2 Å². The number of nitrogens with zero attached hydrogens (tertiary/aromatic N) is 2. The standard InChI is InChI=1S/C21H23F3N6O10/c1-6(31)25-20-29-16-12(18(35)30-20)26-17(28-16)15-11(27-19(36)21(22,23)24)14(39-9(4)34)13(38-8(3)33)10(40-15)5-37-7(2)32/h10-11,13-15H,5H2,1-4H3,(H,27,36)(H3,25,26,28,29,30,31,35)/t10-,11-,13-,14-,15-/m1/s1. The predicted molar refractivity (Wildman–Crippen MR) is 122 cm³/mol. The normalized spacial score (nSPS) is 22.7. The van der Waals surface area contributed by atoms with Gasteiger partial charge in [0.15, 0.2) is 23.4 Å². The zero-order valence-electron chi connectivity index (χ0n) is 21.2. The van der Waals surface area contributed by atoms with E-state index >= 15 is 0 Å². The Kier molecular flexibility index (Phi) is 8.76. The number of carbonyl (C=O) groups is 5. The van der Waals surface area contributed by atoms with E-state index in [9.17, 15) is 41.9 Å². The number of halogens is 3. The quantitative estimate of drug-likeness (QED) is 0.242. The minimum Gasteiger partial charge on any atom is -0.463 e. The van der Waals surface area contributed by atoms with Gasteiger partial charge in [-0.15, -0.1) is 0 Å². The molecule has 0 bridgehead atoms. The Morgan fingerprint density at radius 2 is 1.57 bits per heavy atom. The first-order valence-electron chi connectivity index (χ1n) is 11.3. The molecule has 0 spiro atoms. The van der Waals surface area contributed by atoms with Crippen molar-refractivity contribution in [2.75, 3.05) is 11.9 Å². The molecule has 1 saturated heterocycles. The molecule has 40 heavy (non-hydrogen) atoms. The fourth-order valence-electron chi connectivity index (χ4n) is 3.85. The van der Waals surface area contributed by atoms with Crippen LogP contribution in [0.5, 0.6) is 0 Å². The van der Waals surface area contributed by atoms with E-state index in [1.54, 1.807) is 5.32 Å². The highest BCUT2D eigenvalue weighted by Crippen LogP contribution is 2.36. The van der Waals surface area contributed by atoms with Gasteiger partial charge in [-0.2, -0.15) is 18.2 Å². The highest BCUT2D eigenvalue weighted by Gasteiger charge is 2.54. The summed E-state index contributed by atoms with van der Waals surface area (Å²) in [5.41, 5.74) is -1.47. The number of hydrogen-bond acceptors (Lipinski definition) is 12. The Morgan fingerprint density at radius 3 is 2.12 bits per heavy atom. The number of esters is 3. The molecule has 2 amide bonds. The van der Waals surface area contributed by atoms with Crippen LogP contribution in [0.3, 0.4) is 0 Å². The van der Waals surface area contributed by atoms with Crippen LogP contribution in [-0.4, -0.2) is 86.8 Å². The van der Waals surface area contributed by atoms with Crippen molar-refractivity contribution >= 4 is 46.8 Å². The van der Waals surface area contributed by atoms with Crippen molar-refractivity contribution in [3.05, 3.63) is 16.2 Å². The van der Waals surface area contributed by atoms with Crippen LogP contribution in [0.1, 0.15) is 39.6 Å². The second-order valence-corrected chi connectivity index (χ2v) is 8.46. The van der Waals surface area contributed by atoms with E-state index in [0.717, 1.165) is 27.7 Å². The van der Waals surface area contributed by atoms with Crippen LogP contribution in [0.4, 0.5) is 19.1 Å². The molecule has 2 aromatic rings. The molecule has 4 N–H and O–H groups in total. The van der Waals surface area contributed by atoms with Gasteiger partial charge in [0.1, 0.15) is 30.7 Å². The summed E-state index contributed by atoms with van der Waals surface area (Å²) >= 11 is 0. The Balaban J connectivity index is 2.18. The van der Waals surface area contributed by atoms with Gasteiger partial charge < -0.3 is 29.2 Å². The summed E-state index contributed by atoms with van der Waals surface area (Å²) < 4.78 is 60.9. The number of rotatable bonds is 7. The third-order valence-corrected chi connectivity index (χ3v) is 5.24. The van der Waals surface area contributed by atoms with Gasteiger partial charge in [-0.05, 0) is 0 Å². The van der Waals surface area contributed by atoms with Crippen molar-refractivity contribution in [3.63, 3.8) is 0 Å². The summed E-state index contributed by atoms with van der Waals surface area (Å²) in [7, 11) is 0. The first kappa shape index (κ1) is 30.0. The summed E-state index contributed by atoms with van der Waals surface area (Å²) in [4.78, 5) is 83.9. The first-order chi connectivity index (χ1) is 18.6. The number of carbonyl (C=O) groups excluding carboxylic acids is 5. The smallest absolute Gasteiger partial charge is 0.463 e. The van der Waals surface area contributed by atoms with Gasteiger partial charge in [0.2, 0.25) is 11.9 Å².